The fraction of sp³-hybridized carbons (Fsp3) is 0.250. The Morgan fingerprint density at radius 2 is 2.24 bits per heavy atom. The number of nitrogens with zero attached hydrogens (tertiary/aromatic N) is 3. The molecule has 112 valence electrons. The van der Waals surface area contributed by atoms with E-state index in [1.807, 2.05) is 25.2 Å². The van der Waals surface area contributed by atoms with Gasteiger partial charge in [0.05, 0.1) is 11.8 Å². The minimum Gasteiger partial charge on any atom is -0.399 e. The van der Waals surface area contributed by atoms with Crippen LogP contribution in [0, 0.1) is 10.1 Å². The second-order valence-electron chi connectivity index (χ2n) is 4.59. The summed E-state index contributed by atoms with van der Waals surface area (Å²) in [6.07, 6.45) is 1.81. The molecule has 0 amide bonds. The molecule has 0 radical (unpaired) electrons. The molecule has 2 heterocycles. The van der Waals surface area contributed by atoms with E-state index in [1.165, 1.54) is 12.1 Å². The molecule has 0 unspecified atom stereocenters. The van der Waals surface area contributed by atoms with Crippen molar-refractivity contribution in [2.24, 2.45) is 10.8 Å². The molecule has 0 aromatic carbocycles. The standard InChI is InChI=1S/C12H16N6O3/c1-7-14-8(6-17(2)3)11(16-13)12(15-7)9-4-5-10(21-9)18(19)20/h4-6,16H,13H2,1-3H3,(H,14,15). The molecule has 0 aliphatic carbocycles. The Kier molecular flexibility index (Phi) is 3.94. The van der Waals surface area contributed by atoms with Crippen molar-refractivity contribution in [1.82, 2.24) is 15.6 Å². The van der Waals surface area contributed by atoms with Gasteiger partial charge in [0, 0.05) is 20.3 Å². The van der Waals surface area contributed by atoms with Crippen molar-refractivity contribution in [3.63, 3.8) is 0 Å². The van der Waals surface area contributed by atoms with Crippen LogP contribution in [0.25, 0.3) is 5.70 Å². The minimum absolute atomic E-state index is 0.264. The van der Waals surface area contributed by atoms with Gasteiger partial charge in [-0.15, -0.1) is 0 Å². The maximum atomic E-state index is 10.7. The van der Waals surface area contributed by atoms with Crippen molar-refractivity contribution >= 4 is 17.4 Å². The lowest BCUT2D eigenvalue weighted by atomic mass is 10.2. The van der Waals surface area contributed by atoms with Crippen LogP contribution in [-0.4, -0.2) is 29.8 Å². The molecular formula is C12H16N6O3. The molecule has 4 N–H and O–H groups in total. The lowest BCUT2D eigenvalue weighted by Crippen LogP contribution is -2.35. The molecule has 1 aromatic heterocycles. The monoisotopic (exact) mass is 292 g/mol. The highest BCUT2D eigenvalue weighted by atomic mass is 16.6. The number of nitro groups is 1. The first-order valence-electron chi connectivity index (χ1n) is 6.08. The van der Waals surface area contributed by atoms with E-state index in [9.17, 15) is 10.1 Å². The van der Waals surface area contributed by atoms with E-state index in [2.05, 4.69) is 15.7 Å². The maximum absolute atomic E-state index is 10.7. The highest BCUT2D eigenvalue weighted by Crippen LogP contribution is 2.29. The largest absolute Gasteiger partial charge is 0.433 e. The molecule has 0 saturated carbocycles. The van der Waals surface area contributed by atoms with Crippen molar-refractivity contribution in [3.8, 4) is 0 Å². The topological polar surface area (TPSA) is 122 Å². The van der Waals surface area contributed by atoms with E-state index in [0.717, 1.165) is 0 Å². The van der Waals surface area contributed by atoms with Gasteiger partial charge < -0.3 is 20.1 Å². The lowest BCUT2D eigenvalue weighted by molar-refractivity contribution is -0.402. The summed E-state index contributed by atoms with van der Waals surface area (Å²) in [7, 11) is 3.72. The van der Waals surface area contributed by atoms with Crippen molar-refractivity contribution in [3.05, 3.63) is 45.6 Å². The molecule has 9 heteroatoms. The minimum atomic E-state index is -0.603. The zero-order valence-corrected chi connectivity index (χ0v) is 11.9. The fourth-order valence-corrected chi connectivity index (χ4v) is 1.87. The number of aliphatic imine (C=N–C) groups is 1. The van der Waals surface area contributed by atoms with E-state index in [0.29, 0.717) is 22.9 Å². The molecular weight excluding hydrogens is 276 g/mol. The van der Waals surface area contributed by atoms with E-state index in [1.54, 1.807) is 6.92 Å². The number of amidine groups is 1. The molecule has 21 heavy (non-hydrogen) atoms. The van der Waals surface area contributed by atoms with Gasteiger partial charge in [0.15, 0.2) is 5.76 Å². The van der Waals surface area contributed by atoms with Crippen molar-refractivity contribution in [1.29, 1.82) is 0 Å². The number of furan rings is 1. The second kappa shape index (κ2) is 5.67. The van der Waals surface area contributed by atoms with Crippen molar-refractivity contribution in [2.75, 3.05) is 14.1 Å². The Balaban J connectivity index is 2.54. The van der Waals surface area contributed by atoms with Crippen LogP contribution in [0.5, 0.6) is 0 Å². The number of hydrogen-bond donors (Lipinski definition) is 3. The number of nitrogens with one attached hydrogen (secondary N) is 2. The van der Waals surface area contributed by atoms with Crippen LogP contribution in [0.2, 0.25) is 0 Å². The Labute approximate surface area is 120 Å². The molecule has 0 bridgehead atoms. The quantitative estimate of drug-likeness (QED) is 0.425. The second-order valence-corrected chi connectivity index (χ2v) is 4.59. The summed E-state index contributed by atoms with van der Waals surface area (Å²) in [5.41, 5.74) is 4.12. The Morgan fingerprint density at radius 1 is 1.52 bits per heavy atom. The summed E-state index contributed by atoms with van der Waals surface area (Å²) in [6.45, 7) is 1.77. The van der Waals surface area contributed by atoms with E-state index in [4.69, 9.17) is 10.3 Å². The van der Waals surface area contributed by atoms with Gasteiger partial charge in [0.25, 0.3) is 0 Å². The van der Waals surface area contributed by atoms with Crippen LogP contribution >= 0.6 is 0 Å². The van der Waals surface area contributed by atoms with Gasteiger partial charge in [-0.2, -0.15) is 0 Å². The molecule has 1 aliphatic heterocycles. The summed E-state index contributed by atoms with van der Waals surface area (Å²) in [4.78, 5) is 16.2. The van der Waals surface area contributed by atoms with Gasteiger partial charge in [-0.1, -0.05) is 0 Å². The SMILES string of the molecule is CC1=NC(c2ccc([N+](=O)[O-])o2)=C(NN)C(=CN(C)C)N1. The third kappa shape index (κ3) is 3.03. The smallest absolute Gasteiger partial charge is 0.399 e. The maximum Gasteiger partial charge on any atom is 0.433 e. The number of hydrogen-bond acceptors (Lipinski definition) is 8. The third-order valence-electron chi connectivity index (χ3n) is 2.64. The Morgan fingerprint density at radius 3 is 2.76 bits per heavy atom. The van der Waals surface area contributed by atoms with Crippen LogP contribution < -0.4 is 16.6 Å². The lowest BCUT2D eigenvalue weighted by Gasteiger charge is -2.22. The van der Waals surface area contributed by atoms with Crippen LogP contribution in [0.15, 0.2) is 39.1 Å². The third-order valence-corrected chi connectivity index (χ3v) is 2.64. The van der Waals surface area contributed by atoms with Crippen molar-refractivity contribution < 1.29 is 9.34 Å². The predicted octanol–water partition coefficient (Wildman–Crippen LogP) is 0.744. The normalized spacial score (nSPS) is 16.6. The highest BCUT2D eigenvalue weighted by molar-refractivity contribution is 5.92. The number of hydrazine groups is 1. The van der Waals surface area contributed by atoms with E-state index in [-0.39, 0.29) is 11.6 Å². The summed E-state index contributed by atoms with van der Waals surface area (Å²) < 4.78 is 5.19. The first-order valence-corrected chi connectivity index (χ1v) is 6.08. The molecule has 1 aromatic rings. The van der Waals surface area contributed by atoms with Crippen LogP contribution in [0.1, 0.15) is 12.7 Å². The van der Waals surface area contributed by atoms with Gasteiger partial charge in [-0.25, -0.2) is 4.99 Å². The Bertz CT molecular complexity index is 656. The summed E-state index contributed by atoms with van der Waals surface area (Å²) >= 11 is 0. The average molecular weight is 292 g/mol. The van der Waals surface area contributed by atoms with Gasteiger partial charge in [-0.05, 0) is 13.0 Å². The van der Waals surface area contributed by atoms with Crippen LogP contribution in [0.3, 0.4) is 0 Å². The van der Waals surface area contributed by atoms with Gasteiger partial charge >= 0.3 is 5.88 Å². The Hall–Kier alpha value is -2.81. The molecule has 0 spiro atoms. The molecule has 0 saturated heterocycles. The molecule has 0 atom stereocenters. The summed E-state index contributed by atoms with van der Waals surface area (Å²) in [5, 5.41) is 13.8. The molecule has 1 aliphatic rings. The molecule has 9 nitrogen and oxygen atoms in total. The van der Waals surface area contributed by atoms with Crippen molar-refractivity contribution in [2.45, 2.75) is 6.92 Å². The summed E-state index contributed by atoms with van der Waals surface area (Å²) in [5.74, 6) is 6.09. The van der Waals surface area contributed by atoms with Gasteiger partial charge in [0.1, 0.15) is 22.2 Å². The summed E-state index contributed by atoms with van der Waals surface area (Å²) in [6, 6.07) is 2.76. The van der Waals surface area contributed by atoms with Gasteiger partial charge in [0.2, 0.25) is 0 Å². The van der Waals surface area contributed by atoms with E-state index < -0.39 is 4.92 Å². The number of rotatable bonds is 4. The predicted molar refractivity (Wildman–Crippen MR) is 77.6 cm³/mol. The first-order chi connectivity index (χ1) is 9.92. The zero-order valence-electron chi connectivity index (χ0n) is 11.9. The molecule has 0 fully saturated rings. The average Bonchev–Trinajstić information content (AvgIpc) is 2.86. The highest BCUT2D eigenvalue weighted by Gasteiger charge is 2.23. The number of nitrogens with two attached hydrogens (primary N) is 1. The fourth-order valence-electron chi connectivity index (χ4n) is 1.87. The van der Waals surface area contributed by atoms with Crippen LogP contribution in [0.4, 0.5) is 5.88 Å². The van der Waals surface area contributed by atoms with Gasteiger partial charge in [-0.3, -0.25) is 16.0 Å². The van der Waals surface area contributed by atoms with Crippen LogP contribution in [-0.2, 0) is 0 Å². The first kappa shape index (κ1) is 14.6. The zero-order chi connectivity index (χ0) is 15.6. The molecule has 2 rings (SSSR count). The van der Waals surface area contributed by atoms with E-state index >= 15 is 0 Å².